The molecule has 0 unspecified atom stereocenters. The van der Waals surface area contributed by atoms with Crippen molar-refractivity contribution in [3.05, 3.63) is 59.7 Å². The van der Waals surface area contributed by atoms with Crippen LogP contribution in [0.2, 0.25) is 0 Å². The third-order valence-corrected chi connectivity index (χ3v) is 7.09. The van der Waals surface area contributed by atoms with E-state index in [4.69, 9.17) is 0 Å². The van der Waals surface area contributed by atoms with Crippen LogP contribution >= 0.6 is 0 Å². The van der Waals surface area contributed by atoms with Crippen LogP contribution < -0.4 is 15.1 Å². The number of hydrogen-bond acceptors (Lipinski definition) is 4. The Morgan fingerprint density at radius 1 is 0.970 bits per heavy atom. The molecule has 1 N–H and O–H groups in total. The summed E-state index contributed by atoms with van der Waals surface area (Å²) < 4.78 is 0. The predicted molar refractivity (Wildman–Crippen MR) is 137 cm³/mol. The molecule has 0 radical (unpaired) electrons. The normalized spacial score (nSPS) is 21.9. The molecule has 2 atom stereocenters. The van der Waals surface area contributed by atoms with Gasteiger partial charge < -0.3 is 20.0 Å². The van der Waals surface area contributed by atoms with Crippen molar-refractivity contribution >= 4 is 17.4 Å². The Bertz CT molecular complexity index is 933. The number of aryl methyl sites for hydroxylation is 1. The number of piperazine rings is 2. The number of rotatable bonds is 5. The zero-order valence-electron chi connectivity index (χ0n) is 20.6. The van der Waals surface area contributed by atoms with Gasteiger partial charge in [0, 0.05) is 75.8 Å². The SMILES string of the molecule is CCNC(=O)N1CCN(c2ccc(N3CCN(Cc4ccccc4)[C@@H](C)C3)c(C)c2)[C@H](C)C1. The van der Waals surface area contributed by atoms with Crippen molar-refractivity contribution < 1.29 is 4.79 Å². The Labute approximate surface area is 199 Å². The molecule has 0 saturated carbocycles. The quantitative estimate of drug-likeness (QED) is 0.751. The van der Waals surface area contributed by atoms with Gasteiger partial charge in [0.15, 0.2) is 0 Å². The van der Waals surface area contributed by atoms with Gasteiger partial charge in [-0.2, -0.15) is 0 Å². The Hall–Kier alpha value is -2.73. The Morgan fingerprint density at radius 2 is 1.76 bits per heavy atom. The number of anilines is 2. The van der Waals surface area contributed by atoms with Crippen LogP contribution in [0.3, 0.4) is 0 Å². The zero-order chi connectivity index (χ0) is 23.4. The van der Waals surface area contributed by atoms with Crippen molar-refractivity contribution in [3.63, 3.8) is 0 Å². The van der Waals surface area contributed by atoms with Crippen LogP contribution in [-0.2, 0) is 6.54 Å². The monoisotopic (exact) mass is 449 g/mol. The second-order valence-corrected chi connectivity index (χ2v) is 9.55. The van der Waals surface area contributed by atoms with Gasteiger partial charge in [0.05, 0.1) is 0 Å². The lowest BCUT2D eigenvalue weighted by molar-refractivity contribution is 0.181. The van der Waals surface area contributed by atoms with Gasteiger partial charge in [-0.05, 0) is 57.0 Å². The lowest BCUT2D eigenvalue weighted by Gasteiger charge is -2.43. The van der Waals surface area contributed by atoms with Crippen molar-refractivity contribution in [2.45, 2.75) is 46.3 Å². The lowest BCUT2D eigenvalue weighted by atomic mass is 10.1. The summed E-state index contributed by atoms with van der Waals surface area (Å²) in [6, 6.07) is 18.5. The minimum atomic E-state index is 0.0519. The van der Waals surface area contributed by atoms with Crippen molar-refractivity contribution in [2.75, 3.05) is 55.6 Å². The lowest BCUT2D eigenvalue weighted by Crippen LogP contribution is -2.56. The van der Waals surface area contributed by atoms with Gasteiger partial charge in [0.25, 0.3) is 0 Å². The highest BCUT2D eigenvalue weighted by atomic mass is 16.2. The molecule has 6 heteroatoms. The summed E-state index contributed by atoms with van der Waals surface area (Å²) >= 11 is 0. The molecule has 2 saturated heterocycles. The highest BCUT2D eigenvalue weighted by Gasteiger charge is 2.28. The maximum Gasteiger partial charge on any atom is 0.317 e. The molecule has 0 spiro atoms. The molecular formula is C27H39N5O. The summed E-state index contributed by atoms with van der Waals surface area (Å²) in [6.45, 7) is 16.0. The van der Waals surface area contributed by atoms with Crippen molar-refractivity contribution in [1.82, 2.24) is 15.1 Å². The molecule has 2 fully saturated rings. The average molecular weight is 450 g/mol. The van der Waals surface area contributed by atoms with Crippen LogP contribution in [0.5, 0.6) is 0 Å². The van der Waals surface area contributed by atoms with Gasteiger partial charge in [0.1, 0.15) is 0 Å². The van der Waals surface area contributed by atoms with Gasteiger partial charge >= 0.3 is 6.03 Å². The number of carbonyl (C=O) groups is 1. The molecule has 4 rings (SSSR count). The summed E-state index contributed by atoms with van der Waals surface area (Å²) in [4.78, 5) is 21.7. The van der Waals surface area contributed by atoms with Gasteiger partial charge in [-0.1, -0.05) is 30.3 Å². The van der Waals surface area contributed by atoms with Crippen LogP contribution in [0.15, 0.2) is 48.5 Å². The summed E-state index contributed by atoms with van der Waals surface area (Å²) in [5, 5.41) is 2.92. The molecule has 6 nitrogen and oxygen atoms in total. The van der Waals surface area contributed by atoms with E-state index in [1.807, 2.05) is 11.8 Å². The van der Waals surface area contributed by atoms with E-state index in [0.717, 1.165) is 45.8 Å². The van der Waals surface area contributed by atoms with E-state index in [-0.39, 0.29) is 6.03 Å². The molecule has 2 aromatic rings. The second-order valence-electron chi connectivity index (χ2n) is 9.55. The first kappa shape index (κ1) is 23.4. The standard InChI is InChI=1S/C27H39N5O/c1-5-28-27(33)31-15-16-32(23(4)19-31)25-11-12-26(21(2)17-25)30-14-13-29(22(3)18-30)20-24-9-7-6-8-10-24/h6-12,17,22-23H,5,13-16,18-20H2,1-4H3,(H,28,33)/t22-,23+/m0/s1. The fourth-order valence-electron chi connectivity index (χ4n) is 5.23. The second kappa shape index (κ2) is 10.5. The van der Waals surface area contributed by atoms with Crippen LogP contribution in [0.4, 0.5) is 16.2 Å². The smallest absolute Gasteiger partial charge is 0.317 e. The van der Waals surface area contributed by atoms with Gasteiger partial charge in [0.2, 0.25) is 0 Å². The maximum atomic E-state index is 12.2. The van der Waals surface area contributed by atoms with Crippen molar-refractivity contribution in [2.24, 2.45) is 0 Å². The molecule has 0 aliphatic carbocycles. The Balaban J connectivity index is 1.38. The maximum absolute atomic E-state index is 12.2. The van der Waals surface area contributed by atoms with Crippen LogP contribution in [-0.4, -0.2) is 73.7 Å². The van der Waals surface area contributed by atoms with E-state index in [9.17, 15) is 4.79 Å². The number of hydrogen-bond donors (Lipinski definition) is 1. The third-order valence-electron chi connectivity index (χ3n) is 7.09. The molecule has 33 heavy (non-hydrogen) atoms. The molecule has 2 aromatic carbocycles. The van der Waals surface area contributed by atoms with E-state index in [0.29, 0.717) is 18.6 Å². The minimum absolute atomic E-state index is 0.0519. The van der Waals surface area contributed by atoms with Crippen molar-refractivity contribution in [3.8, 4) is 0 Å². The number of carbonyl (C=O) groups excluding carboxylic acids is 1. The highest BCUT2D eigenvalue weighted by molar-refractivity contribution is 5.74. The molecule has 2 aliphatic heterocycles. The molecule has 2 amide bonds. The Morgan fingerprint density at radius 3 is 2.42 bits per heavy atom. The van der Waals surface area contributed by atoms with Crippen LogP contribution in [0, 0.1) is 6.92 Å². The van der Waals surface area contributed by atoms with Gasteiger partial charge in [-0.15, -0.1) is 0 Å². The number of urea groups is 1. The summed E-state index contributed by atoms with van der Waals surface area (Å²) in [7, 11) is 0. The number of nitrogens with one attached hydrogen (secondary N) is 1. The first-order chi connectivity index (χ1) is 16.0. The first-order valence-corrected chi connectivity index (χ1v) is 12.4. The Kier molecular flexibility index (Phi) is 7.43. The van der Waals surface area contributed by atoms with E-state index in [1.54, 1.807) is 0 Å². The number of nitrogens with zero attached hydrogens (tertiary/aromatic N) is 4. The molecule has 2 heterocycles. The van der Waals surface area contributed by atoms with E-state index < -0.39 is 0 Å². The highest BCUT2D eigenvalue weighted by Crippen LogP contribution is 2.29. The van der Waals surface area contributed by atoms with Gasteiger partial charge in [-0.3, -0.25) is 4.90 Å². The molecule has 0 bridgehead atoms. The van der Waals surface area contributed by atoms with E-state index in [2.05, 4.69) is 89.3 Å². The van der Waals surface area contributed by atoms with E-state index >= 15 is 0 Å². The minimum Gasteiger partial charge on any atom is -0.368 e. The summed E-state index contributed by atoms with van der Waals surface area (Å²) in [6.07, 6.45) is 0. The summed E-state index contributed by atoms with van der Waals surface area (Å²) in [5.74, 6) is 0. The molecular weight excluding hydrogens is 410 g/mol. The molecule has 2 aliphatic rings. The fourth-order valence-corrected chi connectivity index (χ4v) is 5.23. The summed E-state index contributed by atoms with van der Waals surface area (Å²) in [5.41, 5.74) is 5.32. The number of amides is 2. The molecule has 178 valence electrons. The topological polar surface area (TPSA) is 42.1 Å². The molecule has 0 aromatic heterocycles. The largest absolute Gasteiger partial charge is 0.368 e. The predicted octanol–water partition coefficient (Wildman–Crippen LogP) is 3.95. The van der Waals surface area contributed by atoms with Crippen LogP contribution in [0.25, 0.3) is 0 Å². The number of benzene rings is 2. The van der Waals surface area contributed by atoms with E-state index in [1.165, 1.54) is 22.5 Å². The van der Waals surface area contributed by atoms with Crippen molar-refractivity contribution in [1.29, 1.82) is 0 Å². The van der Waals surface area contributed by atoms with Crippen LogP contribution in [0.1, 0.15) is 31.9 Å². The average Bonchev–Trinajstić information content (AvgIpc) is 2.81. The zero-order valence-corrected chi connectivity index (χ0v) is 20.6. The fraction of sp³-hybridized carbons (Fsp3) is 0.519. The van der Waals surface area contributed by atoms with Gasteiger partial charge in [-0.25, -0.2) is 4.79 Å². The third kappa shape index (κ3) is 5.44. The first-order valence-electron chi connectivity index (χ1n) is 12.4.